The molecule has 0 saturated carbocycles. The molecule has 0 bridgehead atoms. The fraction of sp³-hybridized carbons (Fsp3) is 0.238. The van der Waals surface area contributed by atoms with E-state index in [2.05, 4.69) is 22.5 Å². The molecule has 0 aliphatic carbocycles. The minimum Gasteiger partial charge on any atom is -0.324 e. The lowest BCUT2D eigenvalue weighted by molar-refractivity contribution is 0.104. The summed E-state index contributed by atoms with van der Waals surface area (Å²) in [6, 6.07) is 15.7. The van der Waals surface area contributed by atoms with Gasteiger partial charge in [-0.05, 0) is 37.6 Å². The number of benzene rings is 2. The van der Waals surface area contributed by atoms with Crippen molar-refractivity contribution >= 4 is 22.9 Å². The predicted octanol–water partition coefficient (Wildman–Crippen LogP) is 5.04. The fourth-order valence-electron chi connectivity index (χ4n) is 2.74. The number of aromatic nitrogens is 2. The topological polar surface area (TPSA) is 34.9 Å². The van der Waals surface area contributed by atoms with Crippen molar-refractivity contribution in [3.05, 3.63) is 71.6 Å². The molecule has 0 unspecified atom stereocenters. The summed E-state index contributed by atoms with van der Waals surface area (Å²) in [5.41, 5.74) is 3.94. The smallest absolute Gasteiger partial charge is 0.185 e. The molecule has 0 N–H and O–H groups in total. The van der Waals surface area contributed by atoms with E-state index in [0.29, 0.717) is 5.56 Å². The summed E-state index contributed by atoms with van der Waals surface area (Å²) in [7, 11) is 0. The summed E-state index contributed by atoms with van der Waals surface area (Å²) >= 11 is 0. The molecule has 3 nitrogen and oxygen atoms in total. The lowest BCUT2D eigenvalue weighted by atomic mass is 10.1. The molecule has 3 aromatic rings. The molecule has 122 valence electrons. The van der Waals surface area contributed by atoms with Crippen LogP contribution in [0.2, 0.25) is 0 Å². The molecule has 3 rings (SSSR count). The van der Waals surface area contributed by atoms with Crippen LogP contribution in [0.1, 0.15) is 41.5 Å². The molecule has 24 heavy (non-hydrogen) atoms. The van der Waals surface area contributed by atoms with Gasteiger partial charge in [0.15, 0.2) is 5.78 Å². The summed E-state index contributed by atoms with van der Waals surface area (Å²) in [6.07, 6.45) is 5.66. The number of hydrogen-bond acceptors (Lipinski definition) is 2. The Morgan fingerprint density at radius 2 is 1.88 bits per heavy atom. The Bertz CT molecular complexity index is 872. The highest BCUT2D eigenvalue weighted by Gasteiger charge is 2.08. The minimum absolute atomic E-state index is 0.00379. The number of ketones is 1. The molecule has 0 aliphatic rings. The normalized spacial score (nSPS) is 11.4. The van der Waals surface area contributed by atoms with Gasteiger partial charge in [0.2, 0.25) is 0 Å². The highest BCUT2D eigenvalue weighted by Crippen LogP contribution is 2.18. The van der Waals surface area contributed by atoms with E-state index in [0.717, 1.165) is 41.8 Å². The number of unbranched alkanes of at least 4 members (excludes halogenated alkanes) is 1. The average molecular weight is 318 g/mol. The Morgan fingerprint density at radius 1 is 1.12 bits per heavy atom. The van der Waals surface area contributed by atoms with Gasteiger partial charge >= 0.3 is 0 Å². The summed E-state index contributed by atoms with van der Waals surface area (Å²) in [6.45, 7) is 5.10. The van der Waals surface area contributed by atoms with E-state index in [9.17, 15) is 4.79 Å². The Morgan fingerprint density at radius 3 is 2.62 bits per heavy atom. The summed E-state index contributed by atoms with van der Waals surface area (Å²) in [5.74, 6) is 0.842. The van der Waals surface area contributed by atoms with Crippen LogP contribution in [0.3, 0.4) is 0 Å². The molecule has 0 saturated heterocycles. The molecule has 2 aromatic carbocycles. The summed E-state index contributed by atoms with van der Waals surface area (Å²) in [5, 5.41) is 0. The SMILES string of the molecule is CCCCn1c(/C=C/C(=O)c2ccc(C)cc2)nc2ccccc21. The maximum Gasteiger partial charge on any atom is 0.185 e. The van der Waals surface area contributed by atoms with Gasteiger partial charge in [0.25, 0.3) is 0 Å². The third-order valence-electron chi connectivity index (χ3n) is 4.14. The molecule has 1 heterocycles. The Kier molecular flexibility index (Phi) is 4.90. The molecule has 0 radical (unpaired) electrons. The Hall–Kier alpha value is -2.68. The van der Waals surface area contributed by atoms with Crippen LogP contribution in [0.5, 0.6) is 0 Å². The number of imidazole rings is 1. The van der Waals surface area contributed by atoms with E-state index in [4.69, 9.17) is 0 Å². The molecule has 0 fully saturated rings. The zero-order valence-electron chi connectivity index (χ0n) is 14.2. The van der Waals surface area contributed by atoms with Gasteiger partial charge in [-0.2, -0.15) is 0 Å². The van der Waals surface area contributed by atoms with Crippen LogP contribution in [0, 0.1) is 6.92 Å². The highest BCUT2D eigenvalue weighted by molar-refractivity contribution is 6.06. The first-order valence-electron chi connectivity index (χ1n) is 8.43. The zero-order valence-corrected chi connectivity index (χ0v) is 14.2. The summed E-state index contributed by atoms with van der Waals surface area (Å²) in [4.78, 5) is 17.0. The van der Waals surface area contributed by atoms with Crippen LogP contribution in [0.4, 0.5) is 0 Å². The molecule has 3 heteroatoms. The van der Waals surface area contributed by atoms with Crippen molar-refractivity contribution in [3.8, 4) is 0 Å². The van der Waals surface area contributed by atoms with Gasteiger partial charge < -0.3 is 4.57 Å². The minimum atomic E-state index is 0.00379. The number of allylic oxidation sites excluding steroid dienone is 1. The van der Waals surface area contributed by atoms with Crippen molar-refractivity contribution in [2.75, 3.05) is 0 Å². The predicted molar refractivity (Wildman–Crippen MR) is 99.2 cm³/mol. The Balaban J connectivity index is 1.90. The van der Waals surface area contributed by atoms with E-state index in [-0.39, 0.29) is 5.78 Å². The van der Waals surface area contributed by atoms with Crippen molar-refractivity contribution in [2.24, 2.45) is 0 Å². The van der Waals surface area contributed by atoms with Crippen LogP contribution in [0.15, 0.2) is 54.6 Å². The molecule has 0 atom stereocenters. The van der Waals surface area contributed by atoms with Crippen LogP contribution in [0.25, 0.3) is 17.1 Å². The highest BCUT2D eigenvalue weighted by atomic mass is 16.1. The number of carbonyl (C=O) groups is 1. The number of aryl methyl sites for hydroxylation is 2. The lowest BCUT2D eigenvalue weighted by Gasteiger charge is -2.05. The van der Waals surface area contributed by atoms with Crippen LogP contribution < -0.4 is 0 Å². The number of para-hydroxylation sites is 2. The second-order valence-corrected chi connectivity index (χ2v) is 6.03. The molecule has 1 aromatic heterocycles. The number of rotatable bonds is 6. The van der Waals surface area contributed by atoms with Gasteiger partial charge in [0.05, 0.1) is 11.0 Å². The monoisotopic (exact) mass is 318 g/mol. The number of hydrogen-bond donors (Lipinski definition) is 0. The first-order chi connectivity index (χ1) is 11.7. The fourth-order valence-corrected chi connectivity index (χ4v) is 2.74. The van der Waals surface area contributed by atoms with Gasteiger partial charge in [-0.3, -0.25) is 4.79 Å². The van der Waals surface area contributed by atoms with Gasteiger partial charge in [-0.15, -0.1) is 0 Å². The van der Waals surface area contributed by atoms with Crippen molar-refractivity contribution in [3.63, 3.8) is 0 Å². The quantitative estimate of drug-likeness (QED) is 0.471. The molecular weight excluding hydrogens is 296 g/mol. The maximum absolute atomic E-state index is 12.3. The number of nitrogens with zero attached hydrogens (tertiary/aromatic N) is 2. The lowest BCUT2D eigenvalue weighted by Crippen LogP contribution is -2.01. The van der Waals surface area contributed by atoms with Crippen molar-refractivity contribution < 1.29 is 4.79 Å². The van der Waals surface area contributed by atoms with E-state index >= 15 is 0 Å². The standard InChI is InChI=1S/C21H22N2O/c1-3-4-15-23-19-8-6-5-7-18(19)22-21(23)14-13-20(24)17-11-9-16(2)10-12-17/h5-14H,3-4,15H2,1-2H3/b14-13+. The van der Waals surface area contributed by atoms with Gasteiger partial charge in [-0.1, -0.05) is 55.3 Å². The summed E-state index contributed by atoms with van der Waals surface area (Å²) < 4.78 is 2.19. The van der Waals surface area contributed by atoms with Gasteiger partial charge in [-0.25, -0.2) is 4.98 Å². The van der Waals surface area contributed by atoms with Crippen molar-refractivity contribution in [1.29, 1.82) is 0 Å². The third kappa shape index (κ3) is 3.46. The number of carbonyl (C=O) groups excluding carboxylic acids is 1. The van der Waals surface area contributed by atoms with E-state index in [1.807, 2.05) is 55.5 Å². The first-order valence-corrected chi connectivity index (χ1v) is 8.43. The van der Waals surface area contributed by atoms with Crippen molar-refractivity contribution in [1.82, 2.24) is 9.55 Å². The largest absolute Gasteiger partial charge is 0.324 e. The van der Waals surface area contributed by atoms with Gasteiger partial charge in [0, 0.05) is 12.1 Å². The maximum atomic E-state index is 12.3. The van der Waals surface area contributed by atoms with Crippen LogP contribution >= 0.6 is 0 Å². The number of fused-ring (bicyclic) bond motifs is 1. The second kappa shape index (κ2) is 7.26. The van der Waals surface area contributed by atoms with E-state index in [1.165, 1.54) is 0 Å². The first kappa shape index (κ1) is 16.2. The Labute approximate surface area is 142 Å². The molecule has 0 amide bonds. The second-order valence-electron chi connectivity index (χ2n) is 6.03. The van der Waals surface area contributed by atoms with E-state index < -0.39 is 0 Å². The molecule has 0 spiro atoms. The average Bonchev–Trinajstić information content (AvgIpc) is 2.96. The van der Waals surface area contributed by atoms with Crippen molar-refractivity contribution in [2.45, 2.75) is 33.2 Å². The van der Waals surface area contributed by atoms with Crippen LogP contribution in [-0.4, -0.2) is 15.3 Å². The van der Waals surface area contributed by atoms with E-state index in [1.54, 1.807) is 6.08 Å². The zero-order chi connectivity index (χ0) is 16.9. The molecular formula is C21H22N2O. The molecule has 0 aliphatic heterocycles. The van der Waals surface area contributed by atoms with Crippen LogP contribution in [-0.2, 0) is 6.54 Å². The van der Waals surface area contributed by atoms with Gasteiger partial charge in [0.1, 0.15) is 5.82 Å². The third-order valence-corrected chi connectivity index (χ3v) is 4.14.